The van der Waals surface area contributed by atoms with Crippen LogP contribution in [0.4, 0.5) is 4.39 Å². The highest BCUT2D eigenvalue weighted by Crippen LogP contribution is 2.26. The Morgan fingerprint density at radius 2 is 2.03 bits per heavy atom. The van der Waals surface area contributed by atoms with Gasteiger partial charge in [-0.25, -0.2) is 14.1 Å². The third-order valence-corrected chi connectivity index (χ3v) is 6.57. The monoisotopic (exact) mass is 452 g/mol. The van der Waals surface area contributed by atoms with Crippen LogP contribution < -0.4 is 5.56 Å². The van der Waals surface area contributed by atoms with Crippen LogP contribution in [0, 0.1) is 5.82 Å². The Morgan fingerprint density at radius 3 is 2.78 bits per heavy atom. The lowest BCUT2D eigenvalue weighted by Gasteiger charge is -2.31. The molecule has 1 saturated heterocycles. The highest BCUT2D eigenvalue weighted by molar-refractivity contribution is 7.08. The molecule has 1 N–H and O–H groups in total. The van der Waals surface area contributed by atoms with Gasteiger partial charge in [0.15, 0.2) is 11.2 Å². The molecule has 8 nitrogen and oxygen atoms in total. The van der Waals surface area contributed by atoms with Gasteiger partial charge in [0.25, 0.3) is 5.56 Å². The van der Waals surface area contributed by atoms with Gasteiger partial charge in [-0.05, 0) is 41.3 Å². The summed E-state index contributed by atoms with van der Waals surface area (Å²) in [5.74, 6) is 0.352. The predicted octanol–water partition coefficient (Wildman–Crippen LogP) is 2.71. The first kappa shape index (κ1) is 20.5. The Labute approximate surface area is 186 Å². The minimum absolute atomic E-state index is 0.0223. The second-order valence-electron chi connectivity index (χ2n) is 7.93. The third kappa shape index (κ3) is 4.05. The summed E-state index contributed by atoms with van der Waals surface area (Å²) < 4.78 is 15.5. The van der Waals surface area contributed by atoms with Gasteiger partial charge in [-0.3, -0.25) is 9.59 Å². The van der Waals surface area contributed by atoms with Gasteiger partial charge in [-0.2, -0.15) is 11.3 Å². The lowest BCUT2D eigenvalue weighted by Crippen LogP contribution is -2.39. The van der Waals surface area contributed by atoms with Crippen LogP contribution in [0.3, 0.4) is 0 Å². The quantitative estimate of drug-likeness (QED) is 0.502. The number of amides is 1. The van der Waals surface area contributed by atoms with Crippen molar-refractivity contribution in [2.75, 3.05) is 13.1 Å². The third-order valence-electron chi connectivity index (χ3n) is 5.84. The first-order valence-corrected chi connectivity index (χ1v) is 11.4. The Kier molecular flexibility index (Phi) is 5.52. The molecular formula is C22H21FN6O2S. The number of piperidine rings is 1. The summed E-state index contributed by atoms with van der Waals surface area (Å²) in [6.07, 6.45) is 1.83. The average Bonchev–Trinajstić information content (AvgIpc) is 3.46. The zero-order valence-electron chi connectivity index (χ0n) is 17.2. The molecule has 0 unspecified atom stereocenters. The molecule has 32 heavy (non-hydrogen) atoms. The van der Waals surface area contributed by atoms with E-state index in [1.807, 2.05) is 21.7 Å². The number of nitrogens with zero attached hydrogens (tertiary/aromatic N) is 5. The molecule has 1 aliphatic heterocycles. The summed E-state index contributed by atoms with van der Waals surface area (Å²) in [4.78, 5) is 34.5. The van der Waals surface area contributed by atoms with Crippen LogP contribution >= 0.6 is 11.3 Å². The van der Waals surface area contributed by atoms with Crippen molar-refractivity contribution in [2.24, 2.45) is 0 Å². The number of fused-ring (bicyclic) bond motifs is 1. The predicted molar refractivity (Wildman–Crippen MR) is 118 cm³/mol. The zero-order chi connectivity index (χ0) is 22.1. The van der Waals surface area contributed by atoms with Crippen molar-refractivity contribution in [3.05, 3.63) is 74.2 Å². The van der Waals surface area contributed by atoms with Crippen molar-refractivity contribution in [1.29, 1.82) is 0 Å². The molecule has 4 aromatic rings. The van der Waals surface area contributed by atoms with E-state index in [1.54, 1.807) is 29.5 Å². The van der Waals surface area contributed by atoms with Crippen LogP contribution in [-0.4, -0.2) is 48.9 Å². The fraction of sp³-hybridized carbons (Fsp3) is 0.318. The zero-order valence-corrected chi connectivity index (χ0v) is 18.0. The van der Waals surface area contributed by atoms with Crippen LogP contribution in [0.1, 0.15) is 35.7 Å². The molecular weight excluding hydrogens is 431 g/mol. The summed E-state index contributed by atoms with van der Waals surface area (Å²) >= 11 is 1.59. The van der Waals surface area contributed by atoms with Crippen LogP contribution in [0.15, 0.2) is 45.9 Å². The number of rotatable bonds is 5. The number of aromatic nitrogens is 5. The number of halogens is 1. The fourth-order valence-electron chi connectivity index (χ4n) is 4.05. The van der Waals surface area contributed by atoms with Gasteiger partial charge in [-0.15, -0.1) is 5.10 Å². The Balaban J connectivity index is 1.33. The lowest BCUT2D eigenvalue weighted by molar-refractivity contribution is -0.131. The maximum Gasteiger partial charge on any atom is 0.281 e. The van der Waals surface area contributed by atoms with Crippen LogP contribution in [-0.2, 0) is 17.8 Å². The van der Waals surface area contributed by atoms with Crippen LogP contribution in [0.5, 0.6) is 0 Å². The van der Waals surface area contributed by atoms with Gasteiger partial charge < -0.3 is 9.88 Å². The maximum absolute atomic E-state index is 14.1. The van der Waals surface area contributed by atoms with E-state index in [0.717, 1.165) is 5.56 Å². The van der Waals surface area contributed by atoms with Crippen molar-refractivity contribution in [1.82, 2.24) is 29.9 Å². The summed E-state index contributed by atoms with van der Waals surface area (Å²) in [6, 6.07) is 8.39. The van der Waals surface area contributed by atoms with E-state index in [-0.39, 0.29) is 35.3 Å². The number of nitrogens with one attached hydrogen (secondary N) is 1. The lowest BCUT2D eigenvalue weighted by atomic mass is 9.95. The number of aromatic amines is 1. The number of hydrogen-bond acceptors (Lipinski definition) is 6. The van der Waals surface area contributed by atoms with Crippen LogP contribution in [0.25, 0.3) is 11.2 Å². The number of carbonyl (C=O) groups is 1. The standard InChI is InChI=1S/C22H21FN6O2S/c23-17-4-2-1-3-16(17)12-29-21-19(26-27-29)22(31)25-20(24-21)15-5-8-28(9-6-15)18(30)11-14-7-10-32-13-14/h1-4,7,10,13,15H,5-6,8-9,11-12H2,(H,24,25,31). The molecule has 0 spiro atoms. The number of benzene rings is 1. The van der Waals surface area contributed by atoms with E-state index >= 15 is 0 Å². The first-order chi connectivity index (χ1) is 15.6. The second kappa shape index (κ2) is 8.62. The SMILES string of the molecule is O=C(Cc1ccsc1)N1CCC(c2nc3c(nnn3Cc3ccccc3F)c(=O)[nH]2)CC1. The van der Waals surface area contributed by atoms with Gasteiger partial charge in [0, 0.05) is 24.6 Å². The Hall–Kier alpha value is -3.40. The number of thiophene rings is 1. The smallest absolute Gasteiger partial charge is 0.281 e. The minimum Gasteiger partial charge on any atom is -0.342 e. The van der Waals surface area contributed by atoms with Gasteiger partial charge in [-0.1, -0.05) is 23.4 Å². The highest BCUT2D eigenvalue weighted by atomic mass is 32.1. The van der Waals surface area contributed by atoms with Crippen molar-refractivity contribution >= 4 is 28.4 Å². The van der Waals surface area contributed by atoms with Gasteiger partial charge in [0.2, 0.25) is 5.91 Å². The number of carbonyl (C=O) groups excluding carboxylic acids is 1. The molecule has 0 saturated carbocycles. The van der Waals surface area contributed by atoms with E-state index in [1.165, 1.54) is 10.7 Å². The summed E-state index contributed by atoms with van der Waals surface area (Å²) in [5.41, 5.74) is 1.59. The molecule has 0 radical (unpaired) electrons. The normalized spacial score (nSPS) is 14.8. The van der Waals surface area contributed by atoms with E-state index in [4.69, 9.17) is 0 Å². The topological polar surface area (TPSA) is 96.8 Å². The van der Waals surface area contributed by atoms with Crippen molar-refractivity contribution in [3.63, 3.8) is 0 Å². The summed E-state index contributed by atoms with van der Waals surface area (Å²) in [7, 11) is 0. The number of hydrogen-bond donors (Lipinski definition) is 1. The number of likely N-dealkylation sites (tertiary alicyclic amines) is 1. The molecule has 0 atom stereocenters. The molecule has 3 aromatic heterocycles. The number of H-pyrrole nitrogens is 1. The fourth-order valence-corrected chi connectivity index (χ4v) is 4.72. The largest absolute Gasteiger partial charge is 0.342 e. The molecule has 10 heteroatoms. The summed E-state index contributed by atoms with van der Waals surface area (Å²) in [5, 5.41) is 11.9. The molecule has 0 bridgehead atoms. The van der Waals surface area contributed by atoms with Crippen molar-refractivity contribution < 1.29 is 9.18 Å². The van der Waals surface area contributed by atoms with Crippen molar-refractivity contribution in [2.45, 2.75) is 31.7 Å². The molecule has 1 aromatic carbocycles. The molecule has 4 heterocycles. The van der Waals surface area contributed by atoms with E-state index in [2.05, 4.69) is 20.3 Å². The van der Waals surface area contributed by atoms with Gasteiger partial charge in [0.1, 0.15) is 11.6 Å². The molecule has 1 aliphatic rings. The van der Waals surface area contributed by atoms with Gasteiger partial charge in [0.05, 0.1) is 13.0 Å². The Bertz CT molecular complexity index is 1310. The molecule has 5 rings (SSSR count). The molecule has 0 aliphatic carbocycles. The maximum atomic E-state index is 14.1. The van der Waals surface area contributed by atoms with Crippen molar-refractivity contribution in [3.8, 4) is 0 Å². The van der Waals surface area contributed by atoms with E-state index in [9.17, 15) is 14.0 Å². The summed E-state index contributed by atoms with van der Waals surface area (Å²) in [6.45, 7) is 1.36. The van der Waals surface area contributed by atoms with Crippen LogP contribution in [0.2, 0.25) is 0 Å². The molecule has 1 fully saturated rings. The average molecular weight is 453 g/mol. The molecule has 1 amide bonds. The Morgan fingerprint density at radius 1 is 1.22 bits per heavy atom. The van der Waals surface area contributed by atoms with E-state index < -0.39 is 0 Å². The van der Waals surface area contributed by atoms with Gasteiger partial charge >= 0.3 is 0 Å². The first-order valence-electron chi connectivity index (χ1n) is 10.4. The molecule has 164 valence electrons. The highest BCUT2D eigenvalue weighted by Gasteiger charge is 2.26. The minimum atomic E-state index is -0.360. The van der Waals surface area contributed by atoms with E-state index in [0.29, 0.717) is 49.4 Å². The second-order valence-corrected chi connectivity index (χ2v) is 8.71.